The van der Waals surface area contributed by atoms with Gasteiger partial charge in [0.1, 0.15) is 10.7 Å². The van der Waals surface area contributed by atoms with Crippen LogP contribution in [-0.4, -0.2) is 31.3 Å². The average Bonchev–Trinajstić information content (AvgIpc) is 2.17. The zero-order valence-electron chi connectivity index (χ0n) is 9.34. The molecule has 0 aliphatic rings. The summed E-state index contributed by atoms with van der Waals surface area (Å²) in [5.74, 6) is 0.293. The largest absolute Gasteiger partial charge is 0.384 e. The topological polar surface area (TPSA) is 76.3 Å². The molecular weight excluding hydrogens is 226 g/mol. The average molecular weight is 241 g/mol. The molecule has 0 amide bonds. The number of nitrogens with zero attached hydrogens (tertiary/aromatic N) is 2. The first-order valence-electron chi connectivity index (χ1n) is 4.66. The van der Waals surface area contributed by atoms with Gasteiger partial charge in [0, 0.05) is 19.8 Å². The van der Waals surface area contributed by atoms with E-state index in [-0.39, 0.29) is 11.4 Å². The molecule has 0 spiro atoms. The number of sulfonamides is 1. The minimum absolute atomic E-state index is 0.130. The molecule has 0 fully saturated rings. The second-order valence-corrected chi connectivity index (χ2v) is 5.68. The van der Waals surface area contributed by atoms with E-state index in [1.807, 2.05) is 0 Å². The van der Waals surface area contributed by atoms with Gasteiger partial charge in [-0.25, -0.2) is 13.4 Å². The monoisotopic (exact) mass is 241 g/mol. The van der Waals surface area contributed by atoms with Crippen LogP contribution >= 0.6 is 0 Å². The smallest absolute Gasteiger partial charge is 0.244 e. The molecule has 16 heavy (non-hydrogen) atoms. The molecule has 0 radical (unpaired) electrons. The van der Waals surface area contributed by atoms with Crippen molar-refractivity contribution in [3.63, 3.8) is 0 Å². The second-order valence-electron chi connectivity index (χ2n) is 3.64. The van der Waals surface area contributed by atoms with E-state index in [4.69, 9.17) is 5.73 Å². The van der Waals surface area contributed by atoms with Crippen LogP contribution in [0.15, 0.2) is 35.4 Å². The SMILES string of the molecule is C=C(C)CN(C)S(=O)(=O)c1ccc(N)nc1. The highest BCUT2D eigenvalue weighted by Crippen LogP contribution is 2.14. The van der Waals surface area contributed by atoms with Gasteiger partial charge in [0.05, 0.1) is 0 Å². The second kappa shape index (κ2) is 4.63. The fourth-order valence-corrected chi connectivity index (χ4v) is 2.37. The van der Waals surface area contributed by atoms with Crippen molar-refractivity contribution < 1.29 is 8.42 Å². The highest BCUT2D eigenvalue weighted by molar-refractivity contribution is 7.89. The predicted molar refractivity (Wildman–Crippen MR) is 63.3 cm³/mol. The molecule has 0 aliphatic heterocycles. The highest BCUT2D eigenvalue weighted by atomic mass is 32.2. The summed E-state index contributed by atoms with van der Waals surface area (Å²) < 4.78 is 25.2. The van der Waals surface area contributed by atoms with Gasteiger partial charge in [-0.15, -0.1) is 0 Å². The number of hydrogen-bond acceptors (Lipinski definition) is 4. The summed E-state index contributed by atoms with van der Waals surface area (Å²) in [5, 5.41) is 0. The Bertz CT molecular complexity index is 479. The van der Waals surface area contributed by atoms with Gasteiger partial charge in [0.15, 0.2) is 0 Å². The molecule has 0 saturated heterocycles. The van der Waals surface area contributed by atoms with Gasteiger partial charge in [0.25, 0.3) is 0 Å². The van der Waals surface area contributed by atoms with Gasteiger partial charge < -0.3 is 5.73 Å². The minimum atomic E-state index is -3.50. The van der Waals surface area contributed by atoms with Crippen LogP contribution in [0.5, 0.6) is 0 Å². The van der Waals surface area contributed by atoms with Crippen LogP contribution in [0.25, 0.3) is 0 Å². The van der Waals surface area contributed by atoms with Crippen molar-refractivity contribution in [2.45, 2.75) is 11.8 Å². The third-order valence-corrected chi connectivity index (χ3v) is 3.75. The lowest BCUT2D eigenvalue weighted by molar-refractivity contribution is 0.493. The lowest BCUT2D eigenvalue weighted by atomic mass is 10.4. The molecule has 0 saturated carbocycles. The lowest BCUT2D eigenvalue weighted by Gasteiger charge is -2.16. The molecule has 1 aromatic rings. The molecule has 0 aliphatic carbocycles. The quantitative estimate of drug-likeness (QED) is 0.793. The number of hydrogen-bond donors (Lipinski definition) is 1. The summed E-state index contributed by atoms with van der Waals surface area (Å²) in [6.45, 7) is 5.73. The van der Waals surface area contributed by atoms with Crippen LogP contribution in [-0.2, 0) is 10.0 Å². The fourth-order valence-electron chi connectivity index (χ4n) is 1.19. The van der Waals surface area contributed by atoms with Crippen LogP contribution in [0.1, 0.15) is 6.92 Å². The summed E-state index contributed by atoms with van der Waals surface area (Å²) in [7, 11) is -2.00. The Balaban J connectivity index is 3.02. The molecule has 0 atom stereocenters. The van der Waals surface area contributed by atoms with Crippen LogP contribution in [0.3, 0.4) is 0 Å². The third kappa shape index (κ3) is 2.80. The van der Waals surface area contributed by atoms with Gasteiger partial charge in [-0.3, -0.25) is 0 Å². The summed E-state index contributed by atoms with van der Waals surface area (Å²) in [6.07, 6.45) is 1.25. The Morgan fingerprint density at radius 3 is 2.62 bits per heavy atom. The number of rotatable bonds is 4. The van der Waals surface area contributed by atoms with Crippen LogP contribution in [0, 0.1) is 0 Å². The maximum Gasteiger partial charge on any atom is 0.244 e. The Morgan fingerprint density at radius 2 is 2.19 bits per heavy atom. The molecule has 0 unspecified atom stereocenters. The first kappa shape index (κ1) is 12.7. The zero-order valence-corrected chi connectivity index (χ0v) is 10.2. The van der Waals surface area contributed by atoms with E-state index in [1.54, 1.807) is 6.92 Å². The molecule has 88 valence electrons. The number of aromatic nitrogens is 1. The minimum Gasteiger partial charge on any atom is -0.384 e. The molecule has 1 aromatic heterocycles. The zero-order chi connectivity index (χ0) is 12.3. The van der Waals surface area contributed by atoms with Crippen LogP contribution in [0.4, 0.5) is 5.82 Å². The van der Waals surface area contributed by atoms with Crippen molar-refractivity contribution in [1.82, 2.24) is 9.29 Å². The van der Waals surface area contributed by atoms with Crippen molar-refractivity contribution in [3.8, 4) is 0 Å². The van der Waals surface area contributed by atoms with Crippen molar-refractivity contribution >= 4 is 15.8 Å². The summed E-state index contributed by atoms with van der Waals surface area (Å²) >= 11 is 0. The Morgan fingerprint density at radius 1 is 1.56 bits per heavy atom. The van der Waals surface area contributed by atoms with Gasteiger partial charge in [-0.1, -0.05) is 12.2 Å². The molecular formula is C10H15N3O2S. The van der Waals surface area contributed by atoms with E-state index in [9.17, 15) is 8.42 Å². The molecule has 0 aromatic carbocycles. The number of anilines is 1. The first-order chi connectivity index (χ1) is 7.34. The van der Waals surface area contributed by atoms with Gasteiger partial charge in [-0.2, -0.15) is 4.31 Å². The number of nitrogens with two attached hydrogens (primary N) is 1. The number of nitrogen functional groups attached to an aromatic ring is 1. The summed E-state index contributed by atoms with van der Waals surface area (Å²) in [5.41, 5.74) is 6.17. The molecule has 5 nitrogen and oxygen atoms in total. The van der Waals surface area contributed by atoms with Crippen molar-refractivity contribution in [1.29, 1.82) is 0 Å². The lowest BCUT2D eigenvalue weighted by Crippen LogP contribution is -2.28. The van der Waals surface area contributed by atoms with Gasteiger partial charge in [0.2, 0.25) is 10.0 Å². The normalized spacial score (nSPS) is 11.7. The van der Waals surface area contributed by atoms with Gasteiger partial charge in [-0.05, 0) is 19.1 Å². The standard InChI is InChI=1S/C10H15N3O2S/c1-8(2)7-13(3)16(14,15)9-4-5-10(11)12-6-9/h4-6H,1,7H2,2-3H3,(H2,11,12). The van der Waals surface area contributed by atoms with Crippen molar-refractivity contribution in [3.05, 3.63) is 30.5 Å². The van der Waals surface area contributed by atoms with Crippen molar-refractivity contribution in [2.75, 3.05) is 19.3 Å². The highest BCUT2D eigenvalue weighted by Gasteiger charge is 2.20. The maximum absolute atomic E-state index is 12.0. The van der Waals surface area contributed by atoms with E-state index in [0.29, 0.717) is 5.82 Å². The third-order valence-electron chi connectivity index (χ3n) is 1.96. The van der Waals surface area contributed by atoms with Crippen molar-refractivity contribution in [2.24, 2.45) is 0 Å². The van der Waals surface area contributed by atoms with Gasteiger partial charge >= 0.3 is 0 Å². The van der Waals surface area contributed by atoms with Crippen LogP contribution in [0.2, 0.25) is 0 Å². The maximum atomic E-state index is 12.0. The van der Waals surface area contributed by atoms with E-state index < -0.39 is 10.0 Å². The molecule has 0 bridgehead atoms. The fraction of sp³-hybridized carbons (Fsp3) is 0.300. The Labute approximate surface area is 95.6 Å². The molecule has 1 heterocycles. The number of likely N-dealkylation sites (N-methyl/N-ethyl adjacent to an activating group) is 1. The molecule has 2 N–H and O–H groups in total. The molecule has 6 heteroatoms. The predicted octanol–water partition coefficient (Wildman–Crippen LogP) is 0.860. The van der Waals surface area contributed by atoms with E-state index in [1.165, 1.54) is 29.7 Å². The van der Waals surface area contributed by atoms with Crippen LogP contribution < -0.4 is 5.73 Å². The Kier molecular flexibility index (Phi) is 3.66. The first-order valence-corrected chi connectivity index (χ1v) is 6.10. The molecule has 1 rings (SSSR count). The Hall–Kier alpha value is -1.40. The summed E-state index contributed by atoms with van der Waals surface area (Å²) in [6, 6.07) is 2.90. The van der Waals surface area contributed by atoms with E-state index in [2.05, 4.69) is 11.6 Å². The number of pyridine rings is 1. The van der Waals surface area contributed by atoms with E-state index in [0.717, 1.165) is 5.57 Å². The van der Waals surface area contributed by atoms with E-state index >= 15 is 0 Å². The summed E-state index contributed by atoms with van der Waals surface area (Å²) in [4.78, 5) is 3.89.